The standard InChI is InChI=1S/C21H20N2O4S2/c1-27-19-9-5-4-8-18(19)23-29(25,26)16-13-11-15(12-14-16)22-21(24)17-7-3-6-10-20(17)28-2/h3-14,23H,1-2H3,(H,22,24). The summed E-state index contributed by atoms with van der Waals surface area (Å²) in [5.41, 5.74) is 1.41. The van der Waals surface area contributed by atoms with Gasteiger partial charge in [-0.25, -0.2) is 8.42 Å². The maximum absolute atomic E-state index is 12.7. The molecule has 0 aliphatic heterocycles. The third-order valence-electron chi connectivity index (χ3n) is 4.13. The third kappa shape index (κ3) is 4.90. The summed E-state index contributed by atoms with van der Waals surface area (Å²) in [6.07, 6.45) is 1.90. The molecule has 0 spiro atoms. The van der Waals surface area contributed by atoms with Crippen molar-refractivity contribution in [1.29, 1.82) is 0 Å². The number of hydrogen-bond acceptors (Lipinski definition) is 5. The summed E-state index contributed by atoms with van der Waals surface area (Å²) in [6.45, 7) is 0. The largest absolute Gasteiger partial charge is 0.495 e. The fraction of sp³-hybridized carbons (Fsp3) is 0.0952. The molecule has 6 nitrogen and oxygen atoms in total. The summed E-state index contributed by atoms with van der Waals surface area (Å²) in [5.74, 6) is 0.171. The van der Waals surface area contributed by atoms with Gasteiger partial charge >= 0.3 is 0 Å². The zero-order chi connectivity index (χ0) is 20.9. The number of anilines is 2. The van der Waals surface area contributed by atoms with Gasteiger partial charge in [-0.15, -0.1) is 11.8 Å². The number of thioether (sulfide) groups is 1. The molecular formula is C21H20N2O4S2. The lowest BCUT2D eigenvalue weighted by molar-refractivity contribution is 0.102. The highest BCUT2D eigenvalue weighted by Crippen LogP contribution is 2.27. The summed E-state index contributed by atoms with van der Waals surface area (Å²) < 4.78 is 33.0. The molecule has 0 radical (unpaired) electrons. The van der Waals surface area contributed by atoms with E-state index in [1.54, 1.807) is 48.5 Å². The molecule has 0 aliphatic carbocycles. The molecule has 0 saturated carbocycles. The van der Waals surface area contributed by atoms with Gasteiger partial charge in [0, 0.05) is 10.6 Å². The third-order valence-corrected chi connectivity index (χ3v) is 6.30. The molecule has 0 atom stereocenters. The Morgan fingerprint density at radius 1 is 0.931 bits per heavy atom. The van der Waals surface area contributed by atoms with E-state index in [1.165, 1.54) is 31.0 Å². The highest BCUT2D eigenvalue weighted by atomic mass is 32.2. The van der Waals surface area contributed by atoms with E-state index in [0.717, 1.165) is 4.90 Å². The molecule has 0 aliphatic rings. The number of benzene rings is 3. The highest BCUT2D eigenvalue weighted by molar-refractivity contribution is 7.98. The predicted octanol–water partition coefficient (Wildman–Crippen LogP) is 4.47. The Balaban J connectivity index is 1.76. The Morgan fingerprint density at radius 3 is 2.28 bits per heavy atom. The number of amides is 1. The van der Waals surface area contributed by atoms with Gasteiger partial charge in [0.25, 0.3) is 15.9 Å². The molecule has 29 heavy (non-hydrogen) atoms. The fourth-order valence-corrected chi connectivity index (χ4v) is 4.35. The van der Waals surface area contributed by atoms with Crippen LogP contribution in [0.4, 0.5) is 11.4 Å². The number of sulfonamides is 1. The number of carbonyl (C=O) groups excluding carboxylic acids is 1. The average Bonchev–Trinajstić information content (AvgIpc) is 2.74. The Kier molecular flexibility index (Phi) is 6.46. The van der Waals surface area contributed by atoms with Gasteiger partial charge in [-0.05, 0) is 54.8 Å². The van der Waals surface area contributed by atoms with Gasteiger partial charge in [0.15, 0.2) is 0 Å². The smallest absolute Gasteiger partial charge is 0.262 e. The molecule has 0 saturated heterocycles. The van der Waals surface area contributed by atoms with E-state index in [2.05, 4.69) is 10.0 Å². The summed E-state index contributed by atoms with van der Waals surface area (Å²) in [7, 11) is -2.33. The molecule has 150 valence electrons. The lowest BCUT2D eigenvalue weighted by Gasteiger charge is -2.12. The van der Waals surface area contributed by atoms with E-state index in [0.29, 0.717) is 22.7 Å². The lowest BCUT2D eigenvalue weighted by atomic mass is 10.2. The van der Waals surface area contributed by atoms with Crippen LogP contribution in [0.3, 0.4) is 0 Å². The van der Waals surface area contributed by atoms with Crippen LogP contribution in [0.25, 0.3) is 0 Å². The van der Waals surface area contributed by atoms with Crippen LogP contribution < -0.4 is 14.8 Å². The first-order chi connectivity index (χ1) is 13.9. The molecule has 2 N–H and O–H groups in total. The van der Waals surface area contributed by atoms with Crippen LogP contribution in [0, 0.1) is 0 Å². The van der Waals surface area contributed by atoms with Crippen LogP contribution in [0.15, 0.2) is 82.6 Å². The minimum Gasteiger partial charge on any atom is -0.495 e. The summed E-state index contributed by atoms with van der Waals surface area (Å²) >= 11 is 1.49. The van der Waals surface area contributed by atoms with Gasteiger partial charge in [-0.3, -0.25) is 9.52 Å². The second-order valence-corrected chi connectivity index (χ2v) is 8.52. The molecular weight excluding hydrogens is 408 g/mol. The van der Waals surface area contributed by atoms with E-state index >= 15 is 0 Å². The maximum atomic E-state index is 12.7. The number of ether oxygens (including phenoxy) is 1. The van der Waals surface area contributed by atoms with Crippen LogP contribution in [-0.4, -0.2) is 27.7 Å². The summed E-state index contributed by atoms with van der Waals surface area (Å²) in [5, 5.41) is 2.79. The second kappa shape index (κ2) is 9.02. The van der Waals surface area contributed by atoms with Crippen LogP contribution in [0.5, 0.6) is 5.75 Å². The maximum Gasteiger partial charge on any atom is 0.262 e. The number of nitrogens with one attached hydrogen (secondary N) is 2. The van der Waals surface area contributed by atoms with Crippen molar-refractivity contribution in [3.05, 3.63) is 78.4 Å². The Morgan fingerprint density at radius 2 is 1.59 bits per heavy atom. The van der Waals surface area contributed by atoms with Crippen LogP contribution in [-0.2, 0) is 10.0 Å². The van der Waals surface area contributed by atoms with Crippen molar-refractivity contribution in [1.82, 2.24) is 0 Å². The molecule has 1 amide bonds. The van der Waals surface area contributed by atoms with Gasteiger partial charge in [0.1, 0.15) is 5.75 Å². The van der Waals surface area contributed by atoms with Gasteiger partial charge in [-0.1, -0.05) is 24.3 Å². The molecule has 8 heteroatoms. The first-order valence-electron chi connectivity index (χ1n) is 8.65. The highest BCUT2D eigenvalue weighted by Gasteiger charge is 2.17. The quantitative estimate of drug-likeness (QED) is 0.543. The van der Waals surface area contributed by atoms with Gasteiger partial charge < -0.3 is 10.1 Å². The number of para-hydroxylation sites is 2. The Bertz CT molecular complexity index is 1110. The van der Waals surface area contributed by atoms with E-state index in [9.17, 15) is 13.2 Å². The number of hydrogen-bond donors (Lipinski definition) is 2. The van der Waals surface area contributed by atoms with Crippen molar-refractivity contribution in [2.24, 2.45) is 0 Å². The van der Waals surface area contributed by atoms with Gasteiger partial charge in [0.2, 0.25) is 0 Å². The van der Waals surface area contributed by atoms with E-state index < -0.39 is 10.0 Å². The zero-order valence-corrected chi connectivity index (χ0v) is 17.5. The monoisotopic (exact) mass is 428 g/mol. The van der Waals surface area contributed by atoms with Crippen LogP contribution >= 0.6 is 11.8 Å². The van der Waals surface area contributed by atoms with E-state index in [4.69, 9.17) is 4.74 Å². The van der Waals surface area contributed by atoms with Crippen LogP contribution in [0.1, 0.15) is 10.4 Å². The van der Waals surface area contributed by atoms with E-state index in [1.807, 2.05) is 18.4 Å². The van der Waals surface area contributed by atoms with E-state index in [-0.39, 0.29) is 10.8 Å². The molecule has 0 bridgehead atoms. The molecule has 0 aromatic heterocycles. The molecule has 3 aromatic rings. The van der Waals surface area contributed by atoms with Gasteiger partial charge in [-0.2, -0.15) is 0 Å². The number of carbonyl (C=O) groups is 1. The normalized spacial score (nSPS) is 11.0. The minimum atomic E-state index is -3.80. The van der Waals surface area contributed by atoms with Gasteiger partial charge in [0.05, 0.1) is 23.3 Å². The van der Waals surface area contributed by atoms with Crippen molar-refractivity contribution in [2.75, 3.05) is 23.4 Å². The molecule has 0 unspecified atom stereocenters. The summed E-state index contributed by atoms with van der Waals surface area (Å²) in [6, 6.07) is 20.0. The minimum absolute atomic E-state index is 0.0749. The average molecular weight is 429 g/mol. The fourth-order valence-electron chi connectivity index (χ4n) is 2.68. The van der Waals surface area contributed by atoms with Crippen molar-refractivity contribution in [2.45, 2.75) is 9.79 Å². The van der Waals surface area contributed by atoms with Crippen molar-refractivity contribution in [3.8, 4) is 5.75 Å². The second-order valence-electron chi connectivity index (χ2n) is 5.98. The van der Waals surface area contributed by atoms with Crippen molar-refractivity contribution in [3.63, 3.8) is 0 Å². The van der Waals surface area contributed by atoms with Crippen molar-refractivity contribution < 1.29 is 17.9 Å². The SMILES string of the molecule is COc1ccccc1NS(=O)(=O)c1ccc(NC(=O)c2ccccc2SC)cc1. The lowest BCUT2D eigenvalue weighted by Crippen LogP contribution is -2.15. The zero-order valence-electron chi connectivity index (χ0n) is 15.9. The van der Waals surface area contributed by atoms with Crippen LogP contribution in [0.2, 0.25) is 0 Å². The summed E-state index contributed by atoms with van der Waals surface area (Å²) in [4.78, 5) is 13.5. The Labute approximate surface area is 174 Å². The molecule has 3 rings (SSSR count). The molecule has 3 aromatic carbocycles. The Hall–Kier alpha value is -2.97. The van der Waals surface area contributed by atoms with Crippen molar-refractivity contribution >= 4 is 39.1 Å². The first-order valence-corrected chi connectivity index (χ1v) is 11.4. The molecule has 0 heterocycles. The first kappa shape index (κ1) is 20.8. The molecule has 0 fully saturated rings. The number of rotatable bonds is 7. The predicted molar refractivity (Wildman–Crippen MR) is 116 cm³/mol. The number of methoxy groups -OCH3 is 1. The topological polar surface area (TPSA) is 84.5 Å².